The molecule has 0 saturated carbocycles. The first kappa shape index (κ1) is 19.9. The van der Waals surface area contributed by atoms with E-state index in [0.29, 0.717) is 19.6 Å². The Morgan fingerprint density at radius 1 is 1.19 bits per heavy atom. The minimum atomic E-state index is -3.06. The van der Waals surface area contributed by atoms with Gasteiger partial charge in [0.15, 0.2) is 15.8 Å². The Morgan fingerprint density at radius 2 is 1.85 bits per heavy atom. The number of rotatable bonds is 3. The number of anilines is 1. The highest BCUT2D eigenvalue weighted by Crippen LogP contribution is 2.24. The zero-order chi connectivity index (χ0) is 19.5. The van der Waals surface area contributed by atoms with Crippen molar-refractivity contribution in [2.75, 3.05) is 57.1 Å². The van der Waals surface area contributed by atoms with Crippen LogP contribution in [-0.2, 0) is 21.1 Å². The van der Waals surface area contributed by atoms with Crippen LogP contribution < -0.4 is 10.2 Å². The predicted molar refractivity (Wildman–Crippen MR) is 109 cm³/mol. The van der Waals surface area contributed by atoms with Gasteiger partial charge in [-0.15, -0.1) is 0 Å². The second-order valence-corrected chi connectivity index (χ2v) is 10.4. The van der Waals surface area contributed by atoms with Crippen molar-refractivity contribution in [1.82, 2.24) is 10.2 Å². The highest BCUT2D eigenvalue weighted by atomic mass is 32.2. The Morgan fingerprint density at radius 3 is 2.44 bits per heavy atom. The zero-order valence-corrected chi connectivity index (χ0v) is 17.3. The van der Waals surface area contributed by atoms with Crippen molar-refractivity contribution < 1.29 is 13.2 Å². The Kier molecular flexibility index (Phi) is 5.95. The summed E-state index contributed by atoms with van der Waals surface area (Å²) in [4.78, 5) is 8.71. The third-order valence-electron chi connectivity index (χ3n) is 5.32. The maximum absolute atomic E-state index is 12.2. The van der Waals surface area contributed by atoms with Crippen LogP contribution in [0.4, 0.5) is 5.69 Å². The number of sulfone groups is 1. The van der Waals surface area contributed by atoms with E-state index in [4.69, 9.17) is 4.74 Å². The van der Waals surface area contributed by atoms with E-state index in [1.165, 1.54) is 5.69 Å². The third-order valence-corrected chi connectivity index (χ3v) is 7.85. The van der Waals surface area contributed by atoms with Gasteiger partial charge in [-0.25, -0.2) is 8.42 Å². The van der Waals surface area contributed by atoms with E-state index in [1.54, 1.807) is 20.9 Å². The number of benzene rings is 1. The van der Waals surface area contributed by atoms with Crippen molar-refractivity contribution in [1.29, 1.82) is 0 Å². The summed E-state index contributed by atoms with van der Waals surface area (Å²) in [5.41, 5.74) is 2.38. The lowest BCUT2D eigenvalue weighted by Crippen LogP contribution is -2.57. The van der Waals surface area contributed by atoms with Gasteiger partial charge in [0, 0.05) is 45.5 Å². The normalized spacial score (nSPS) is 22.6. The van der Waals surface area contributed by atoms with Gasteiger partial charge in [0.1, 0.15) is 0 Å². The topological polar surface area (TPSA) is 74.2 Å². The van der Waals surface area contributed by atoms with E-state index in [0.717, 1.165) is 37.8 Å². The van der Waals surface area contributed by atoms with Gasteiger partial charge in [0.25, 0.3) is 0 Å². The minimum absolute atomic E-state index is 0.162. The fraction of sp³-hybridized carbons (Fsp3) is 0.632. The van der Waals surface area contributed by atoms with Crippen LogP contribution >= 0.6 is 0 Å². The van der Waals surface area contributed by atoms with Gasteiger partial charge in [-0.3, -0.25) is 4.99 Å². The number of aliphatic imine (C=N–C) groups is 1. The van der Waals surface area contributed by atoms with Crippen LogP contribution in [0.5, 0.6) is 0 Å². The standard InChI is InChI=1S/C19H30N4O3S/c1-19(2)15-23(10-13-27(19,24)25)18(20-3)21-14-16-4-6-17(7-5-16)22-8-11-26-12-9-22/h4-7H,8-15H2,1-3H3,(H,20,21). The highest BCUT2D eigenvalue weighted by Gasteiger charge is 2.40. The van der Waals surface area contributed by atoms with Crippen molar-refractivity contribution in [3.8, 4) is 0 Å². The van der Waals surface area contributed by atoms with E-state index < -0.39 is 14.6 Å². The summed E-state index contributed by atoms with van der Waals surface area (Å²) in [7, 11) is -1.32. The molecular formula is C19H30N4O3S. The maximum atomic E-state index is 12.2. The molecule has 0 spiro atoms. The quantitative estimate of drug-likeness (QED) is 0.612. The molecule has 8 heteroatoms. The number of ether oxygens (including phenoxy) is 1. The number of hydrogen-bond acceptors (Lipinski definition) is 5. The van der Waals surface area contributed by atoms with E-state index in [2.05, 4.69) is 39.5 Å². The predicted octanol–water partition coefficient (Wildman–Crippen LogP) is 1.11. The molecular weight excluding hydrogens is 364 g/mol. The number of nitrogens with one attached hydrogen (secondary N) is 1. The second-order valence-electron chi connectivity index (χ2n) is 7.67. The Labute approximate surface area is 162 Å². The van der Waals surface area contributed by atoms with E-state index in [1.807, 2.05) is 4.90 Å². The number of nitrogens with zero attached hydrogens (tertiary/aromatic N) is 3. The van der Waals surface area contributed by atoms with Crippen LogP contribution in [0.15, 0.2) is 29.3 Å². The molecule has 1 aromatic carbocycles. The first-order chi connectivity index (χ1) is 12.8. The molecule has 0 radical (unpaired) electrons. The fourth-order valence-electron chi connectivity index (χ4n) is 3.48. The fourth-order valence-corrected chi connectivity index (χ4v) is 4.85. The highest BCUT2D eigenvalue weighted by molar-refractivity contribution is 7.92. The molecule has 0 bridgehead atoms. The van der Waals surface area contributed by atoms with E-state index in [9.17, 15) is 8.42 Å². The third kappa shape index (κ3) is 4.55. The number of guanidine groups is 1. The summed E-state index contributed by atoms with van der Waals surface area (Å²) < 4.78 is 29.0. The molecule has 2 heterocycles. The molecule has 0 atom stereocenters. The Hall–Kier alpha value is -1.80. The van der Waals surface area contributed by atoms with Gasteiger partial charge in [-0.05, 0) is 31.5 Å². The molecule has 2 saturated heterocycles. The lowest BCUT2D eigenvalue weighted by Gasteiger charge is -2.39. The summed E-state index contributed by atoms with van der Waals surface area (Å²) in [5, 5.41) is 3.37. The molecule has 2 fully saturated rings. The average molecular weight is 395 g/mol. The monoisotopic (exact) mass is 394 g/mol. The first-order valence-electron chi connectivity index (χ1n) is 9.42. The van der Waals surface area contributed by atoms with Crippen molar-refractivity contribution >= 4 is 21.5 Å². The van der Waals surface area contributed by atoms with Crippen LogP contribution in [0.3, 0.4) is 0 Å². The smallest absolute Gasteiger partial charge is 0.193 e. The zero-order valence-electron chi connectivity index (χ0n) is 16.4. The van der Waals surface area contributed by atoms with Gasteiger partial charge >= 0.3 is 0 Å². The van der Waals surface area contributed by atoms with Crippen LogP contribution in [0.1, 0.15) is 19.4 Å². The van der Waals surface area contributed by atoms with Crippen molar-refractivity contribution in [2.24, 2.45) is 4.99 Å². The number of hydrogen-bond donors (Lipinski definition) is 1. The molecule has 0 unspecified atom stereocenters. The molecule has 2 aliphatic rings. The van der Waals surface area contributed by atoms with Crippen molar-refractivity contribution in [3.63, 3.8) is 0 Å². The lowest BCUT2D eigenvalue weighted by atomic mass is 10.2. The average Bonchev–Trinajstić information content (AvgIpc) is 2.66. The lowest BCUT2D eigenvalue weighted by molar-refractivity contribution is 0.122. The summed E-state index contributed by atoms with van der Waals surface area (Å²) >= 11 is 0. The van der Waals surface area contributed by atoms with Crippen LogP contribution in [0.25, 0.3) is 0 Å². The molecule has 7 nitrogen and oxygen atoms in total. The molecule has 1 N–H and O–H groups in total. The van der Waals surface area contributed by atoms with Gasteiger partial charge in [-0.1, -0.05) is 12.1 Å². The summed E-state index contributed by atoms with van der Waals surface area (Å²) in [6.45, 7) is 8.56. The molecule has 27 heavy (non-hydrogen) atoms. The molecule has 1 aromatic rings. The second kappa shape index (κ2) is 8.06. The molecule has 0 amide bonds. The maximum Gasteiger partial charge on any atom is 0.193 e. The largest absolute Gasteiger partial charge is 0.378 e. The molecule has 2 aliphatic heterocycles. The Bertz CT molecular complexity index is 769. The molecule has 3 rings (SSSR count). The summed E-state index contributed by atoms with van der Waals surface area (Å²) in [6, 6.07) is 8.52. The van der Waals surface area contributed by atoms with Crippen molar-refractivity contribution in [2.45, 2.75) is 25.1 Å². The van der Waals surface area contributed by atoms with Crippen LogP contribution in [0.2, 0.25) is 0 Å². The van der Waals surface area contributed by atoms with E-state index in [-0.39, 0.29) is 5.75 Å². The van der Waals surface area contributed by atoms with Crippen LogP contribution in [-0.4, -0.2) is 76.2 Å². The van der Waals surface area contributed by atoms with E-state index >= 15 is 0 Å². The molecule has 0 aromatic heterocycles. The summed E-state index contributed by atoms with van der Waals surface area (Å²) in [5.74, 6) is 0.907. The van der Waals surface area contributed by atoms with Gasteiger partial charge in [0.2, 0.25) is 0 Å². The molecule has 0 aliphatic carbocycles. The minimum Gasteiger partial charge on any atom is -0.378 e. The molecule has 150 valence electrons. The number of morpholine rings is 1. The first-order valence-corrected chi connectivity index (χ1v) is 11.1. The van der Waals surface area contributed by atoms with Gasteiger partial charge in [-0.2, -0.15) is 0 Å². The van der Waals surface area contributed by atoms with Gasteiger partial charge < -0.3 is 19.9 Å². The Balaban J connectivity index is 1.58. The SMILES string of the molecule is CN=C(NCc1ccc(N2CCOCC2)cc1)N1CCS(=O)(=O)C(C)(C)C1. The van der Waals surface area contributed by atoms with Crippen molar-refractivity contribution in [3.05, 3.63) is 29.8 Å². The van der Waals surface area contributed by atoms with Crippen LogP contribution in [0, 0.1) is 0 Å². The summed E-state index contributed by atoms with van der Waals surface area (Å²) in [6.07, 6.45) is 0. The van der Waals surface area contributed by atoms with Gasteiger partial charge in [0.05, 0.1) is 23.7 Å².